The molecule has 0 amide bonds. The minimum Gasteiger partial charge on any atom is -0.454 e. The van der Waals surface area contributed by atoms with Crippen LogP contribution in [0.5, 0.6) is 0 Å². The number of carbonyl (C=O) groups excluding carboxylic acids is 3. The fourth-order valence-electron chi connectivity index (χ4n) is 8.07. The molecule has 5 rings (SSSR count). The zero-order valence-electron chi connectivity index (χ0n) is 23.4. The van der Waals surface area contributed by atoms with Gasteiger partial charge in [-0.15, -0.1) is 0 Å². The molecule has 2 saturated carbocycles. The Kier molecular flexibility index (Phi) is 7.38. The van der Waals surface area contributed by atoms with E-state index in [0.29, 0.717) is 24.9 Å². The molecule has 4 aliphatic carbocycles. The third-order valence-electron chi connectivity index (χ3n) is 9.76. The van der Waals surface area contributed by atoms with Gasteiger partial charge in [-0.05, 0) is 91.2 Å². The average Bonchev–Trinajstić information content (AvgIpc) is 3.24. The lowest BCUT2D eigenvalue weighted by Gasteiger charge is -2.52. The van der Waals surface area contributed by atoms with Gasteiger partial charge in [0.1, 0.15) is 6.61 Å². The number of Topliss-reactive ketones (excluding diaryl/α,β-unsaturated/α-hetero) is 1. The normalized spacial score (nSPS) is 32.2. The minimum absolute atomic E-state index is 0.00724. The van der Waals surface area contributed by atoms with Crippen LogP contribution in [0.1, 0.15) is 70.8 Å². The maximum Gasteiger partial charge on any atom is 0.303 e. The Hall–Kier alpha value is -2.73. The number of rotatable bonds is 7. The summed E-state index contributed by atoms with van der Waals surface area (Å²) in [5.74, 6) is 0.657. The molecule has 38 heavy (non-hydrogen) atoms. The molecule has 6 atom stereocenters. The minimum atomic E-state index is -0.744. The molecule has 0 bridgehead atoms. The summed E-state index contributed by atoms with van der Waals surface area (Å²) < 4.78 is 11.0. The molecular weight excluding hydrogens is 478 g/mol. The topological polar surface area (TPSA) is 72.9 Å². The number of esters is 1. The second-order valence-electron chi connectivity index (χ2n) is 12.0. The largest absolute Gasteiger partial charge is 0.454 e. The van der Waals surface area contributed by atoms with E-state index >= 15 is 0 Å². The van der Waals surface area contributed by atoms with E-state index in [2.05, 4.69) is 36.1 Å². The van der Waals surface area contributed by atoms with Crippen molar-refractivity contribution in [3.63, 3.8) is 0 Å². The van der Waals surface area contributed by atoms with E-state index in [4.69, 9.17) is 9.47 Å². The van der Waals surface area contributed by atoms with Crippen molar-refractivity contribution in [2.24, 2.45) is 23.2 Å². The molecule has 2 fully saturated rings. The highest BCUT2D eigenvalue weighted by atomic mass is 16.5. The highest BCUT2D eigenvalue weighted by Crippen LogP contribution is 2.65. The van der Waals surface area contributed by atoms with Crippen LogP contribution in [-0.2, 0) is 23.9 Å². The number of benzene rings is 1. The zero-order chi connectivity index (χ0) is 27.2. The summed E-state index contributed by atoms with van der Waals surface area (Å²) in [6.07, 6.45) is 6.15. The molecule has 6 heteroatoms. The van der Waals surface area contributed by atoms with Crippen LogP contribution in [0.25, 0.3) is 0 Å². The summed E-state index contributed by atoms with van der Waals surface area (Å²) in [6.45, 7) is 6.40. The van der Waals surface area contributed by atoms with E-state index in [1.165, 1.54) is 23.6 Å². The Morgan fingerprint density at radius 1 is 1.11 bits per heavy atom. The number of hydrogen-bond acceptors (Lipinski definition) is 6. The summed E-state index contributed by atoms with van der Waals surface area (Å²) in [5.41, 5.74) is 6.06. The molecule has 0 aliphatic heterocycles. The molecule has 0 heterocycles. The van der Waals surface area contributed by atoms with Crippen LogP contribution in [-0.4, -0.2) is 50.9 Å². The Morgan fingerprint density at radius 3 is 2.50 bits per heavy atom. The third kappa shape index (κ3) is 4.66. The number of hydrogen-bond donors (Lipinski definition) is 0. The van der Waals surface area contributed by atoms with Gasteiger partial charge in [-0.3, -0.25) is 14.4 Å². The van der Waals surface area contributed by atoms with Gasteiger partial charge in [0.25, 0.3) is 0 Å². The van der Waals surface area contributed by atoms with Crippen molar-refractivity contribution in [2.75, 3.05) is 32.2 Å². The molecule has 0 saturated heterocycles. The first-order valence-electron chi connectivity index (χ1n) is 14.2. The SMILES string of the molecule is CCOCC(=O)[C@H]1CC[C@H]2[C@@H]3CCC4=CC(=O)C(OC(C)=O)CC4=C3C(c3ccc(N(C)C)cc3)C[C@]12C. The molecule has 0 radical (unpaired) electrons. The standard InChI is InChI=1S/C32H41NO5/c1-6-37-18-29(36)27-14-13-26-23-12-9-21-15-28(35)30(38-19(2)34)16-24(21)31(23)25(17-32(26,27)3)20-7-10-22(11-8-20)33(4)5/h7-8,10-11,15,23,25-27,30H,6,9,12-14,16-18H2,1-5H3/t23-,25?,26-,27+,30?,32-/m0/s1. The zero-order valence-corrected chi connectivity index (χ0v) is 23.4. The van der Waals surface area contributed by atoms with Gasteiger partial charge >= 0.3 is 5.97 Å². The summed E-state index contributed by atoms with van der Waals surface area (Å²) in [6, 6.07) is 8.80. The maximum absolute atomic E-state index is 13.4. The lowest BCUT2D eigenvalue weighted by atomic mass is 9.51. The van der Waals surface area contributed by atoms with Gasteiger partial charge in [-0.2, -0.15) is 0 Å². The number of allylic oxidation sites excluding steroid dienone is 2. The number of nitrogens with zero attached hydrogens (tertiary/aromatic N) is 1. The van der Waals surface area contributed by atoms with Crippen LogP contribution in [0.15, 0.2) is 47.1 Å². The Labute approximate surface area is 226 Å². The molecule has 204 valence electrons. The number of ketones is 2. The molecule has 4 aliphatic rings. The van der Waals surface area contributed by atoms with Crippen LogP contribution in [0.2, 0.25) is 0 Å². The number of carbonyl (C=O) groups is 3. The summed E-state index contributed by atoms with van der Waals surface area (Å²) in [4.78, 5) is 40.0. The molecule has 0 spiro atoms. The predicted molar refractivity (Wildman–Crippen MR) is 147 cm³/mol. The highest BCUT2D eigenvalue weighted by molar-refractivity contribution is 5.98. The van der Waals surface area contributed by atoms with Crippen LogP contribution >= 0.6 is 0 Å². The molecule has 1 aromatic carbocycles. The van der Waals surface area contributed by atoms with Gasteiger partial charge < -0.3 is 14.4 Å². The average molecular weight is 520 g/mol. The van der Waals surface area contributed by atoms with Crippen molar-refractivity contribution in [1.29, 1.82) is 0 Å². The van der Waals surface area contributed by atoms with Gasteiger partial charge in [0, 0.05) is 51.6 Å². The van der Waals surface area contributed by atoms with E-state index < -0.39 is 12.1 Å². The van der Waals surface area contributed by atoms with Gasteiger partial charge in [0.05, 0.1) is 0 Å². The molecule has 0 aromatic heterocycles. The Balaban J connectivity index is 1.60. The lowest BCUT2D eigenvalue weighted by Crippen LogP contribution is -2.46. The van der Waals surface area contributed by atoms with Crippen molar-refractivity contribution in [3.05, 3.63) is 52.6 Å². The molecule has 0 N–H and O–H groups in total. The first-order valence-corrected chi connectivity index (χ1v) is 14.2. The van der Waals surface area contributed by atoms with Crippen LogP contribution in [0.4, 0.5) is 5.69 Å². The summed E-state index contributed by atoms with van der Waals surface area (Å²) >= 11 is 0. The van der Waals surface area contributed by atoms with E-state index in [9.17, 15) is 14.4 Å². The first kappa shape index (κ1) is 26.9. The quantitative estimate of drug-likeness (QED) is 0.448. The van der Waals surface area contributed by atoms with Crippen molar-refractivity contribution < 1.29 is 23.9 Å². The molecular formula is C32H41NO5. The van der Waals surface area contributed by atoms with Crippen molar-refractivity contribution in [2.45, 2.75) is 71.3 Å². The van der Waals surface area contributed by atoms with E-state index in [0.717, 1.165) is 43.4 Å². The highest BCUT2D eigenvalue weighted by Gasteiger charge is 2.58. The van der Waals surface area contributed by atoms with Crippen molar-refractivity contribution in [1.82, 2.24) is 0 Å². The number of anilines is 1. The maximum atomic E-state index is 13.4. The summed E-state index contributed by atoms with van der Waals surface area (Å²) in [7, 11) is 4.09. The van der Waals surface area contributed by atoms with Gasteiger partial charge in [-0.25, -0.2) is 0 Å². The van der Waals surface area contributed by atoms with E-state index in [1.54, 1.807) is 6.08 Å². The first-order chi connectivity index (χ1) is 18.1. The van der Waals surface area contributed by atoms with E-state index in [-0.39, 0.29) is 35.4 Å². The molecule has 2 unspecified atom stereocenters. The fraction of sp³-hybridized carbons (Fsp3) is 0.594. The Bertz CT molecular complexity index is 1180. The van der Waals surface area contributed by atoms with E-state index in [1.807, 2.05) is 21.0 Å². The number of ether oxygens (including phenoxy) is 2. The Morgan fingerprint density at radius 2 is 1.84 bits per heavy atom. The van der Waals surface area contributed by atoms with Crippen molar-refractivity contribution >= 4 is 23.2 Å². The van der Waals surface area contributed by atoms with Gasteiger partial charge in [0.2, 0.25) is 0 Å². The predicted octanol–water partition coefficient (Wildman–Crippen LogP) is 5.42. The summed E-state index contributed by atoms with van der Waals surface area (Å²) in [5, 5.41) is 0. The van der Waals surface area contributed by atoms with Gasteiger partial charge in [-0.1, -0.05) is 24.6 Å². The smallest absolute Gasteiger partial charge is 0.303 e. The molecule has 6 nitrogen and oxygen atoms in total. The second kappa shape index (κ2) is 10.4. The van der Waals surface area contributed by atoms with Gasteiger partial charge in [0.15, 0.2) is 17.7 Å². The van der Waals surface area contributed by atoms with Crippen LogP contribution < -0.4 is 4.90 Å². The van der Waals surface area contributed by atoms with Crippen LogP contribution in [0.3, 0.4) is 0 Å². The monoisotopic (exact) mass is 519 g/mol. The molecule has 1 aromatic rings. The number of fused-ring (bicyclic) bond motifs is 4. The lowest BCUT2D eigenvalue weighted by molar-refractivity contribution is -0.151. The van der Waals surface area contributed by atoms with Crippen molar-refractivity contribution in [3.8, 4) is 0 Å². The fourth-order valence-corrected chi connectivity index (χ4v) is 8.07. The third-order valence-corrected chi connectivity index (χ3v) is 9.76. The second-order valence-corrected chi connectivity index (χ2v) is 12.0. The van der Waals surface area contributed by atoms with Crippen LogP contribution in [0, 0.1) is 23.2 Å².